The molecule has 0 spiro atoms. The van der Waals surface area contributed by atoms with Crippen LogP contribution in [0.25, 0.3) is 5.69 Å². The Balaban J connectivity index is 1.56. The van der Waals surface area contributed by atoms with Crippen LogP contribution in [0.15, 0.2) is 55.1 Å². The van der Waals surface area contributed by atoms with Gasteiger partial charge in [0.05, 0.1) is 19.9 Å². The number of carbonyl (C=O) groups excluding carboxylic acids is 1. The predicted octanol–water partition coefficient (Wildman–Crippen LogP) is 2.86. The third kappa shape index (κ3) is 4.18. The molecule has 1 amide bonds. The van der Waals surface area contributed by atoms with E-state index in [0.29, 0.717) is 24.3 Å². The second-order valence-corrected chi connectivity index (χ2v) is 5.62. The molecule has 0 atom stereocenters. The molecular weight excluding hydrogens is 332 g/mol. The molecule has 7 nitrogen and oxygen atoms in total. The van der Waals surface area contributed by atoms with Gasteiger partial charge in [-0.2, -0.15) is 5.10 Å². The maximum atomic E-state index is 12.2. The molecule has 0 radical (unpaired) electrons. The van der Waals surface area contributed by atoms with E-state index in [1.807, 2.05) is 42.5 Å². The Hall–Kier alpha value is -3.35. The summed E-state index contributed by atoms with van der Waals surface area (Å²) in [6, 6.07) is 13.1. The highest BCUT2D eigenvalue weighted by Gasteiger charge is 2.07. The number of aryl methyl sites for hydroxylation is 1. The molecule has 0 bridgehead atoms. The second kappa shape index (κ2) is 8.15. The molecule has 1 N–H and O–H groups in total. The molecule has 2 aromatic carbocycles. The van der Waals surface area contributed by atoms with E-state index in [-0.39, 0.29) is 5.91 Å². The zero-order valence-corrected chi connectivity index (χ0v) is 14.7. The lowest BCUT2D eigenvalue weighted by atomic mass is 10.1. The van der Waals surface area contributed by atoms with Crippen molar-refractivity contribution >= 4 is 11.6 Å². The van der Waals surface area contributed by atoms with Crippen LogP contribution in [0, 0.1) is 0 Å². The number of amides is 1. The van der Waals surface area contributed by atoms with Crippen molar-refractivity contribution in [2.75, 3.05) is 19.5 Å². The summed E-state index contributed by atoms with van der Waals surface area (Å²) in [4.78, 5) is 16.1. The fraction of sp³-hybridized carbons (Fsp3) is 0.211. The van der Waals surface area contributed by atoms with Crippen LogP contribution in [0.3, 0.4) is 0 Å². The first-order valence-electron chi connectivity index (χ1n) is 8.15. The molecule has 1 aromatic heterocycles. The second-order valence-electron chi connectivity index (χ2n) is 5.62. The van der Waals surface area contributed by atoms with Crippen LogP contribution in [-0.4, -0.2) is 34.9 Å². The Kier molecular flexibility index (Phi) is 5.48. The Labute approximate surface area is 151 Å². The molecule has 0 aliphatic rings. The quantitative estimate of drug-likeness (QED) is 0.707. The van der Waals surface area contributed by atoms with Crippen LogP contribution in [-0.2, 0) is 11.2 Å². The molecule has 1 heterocycles. The van der Waals surface area contributed by atoms with Crippen LogP contribution in [0.2, 0.25) is 0 Å². The first-order chi connectivity index (χ1) is 12.7. The minimum atomic E-state index is -0.0479. The third-order valence-electron chi connectivity index (χ3n) is 3.92. The van der Waals surface area contributed by atoms with E-state index in [1.165, 1.54) is 6.33 Å². The molecule has 134 valence electrons. The number of hydrogen-bond acceptors (Lipinski definition) is 5. The summed E-state index contributed by atoms with van der Waals surface area (Å²) >= 11 is 0. The van der Waals surface area contributed by atoms with E-state index in [9.17, 15) is 4.79 Å². The fourth-order valence-corrected chi connectivity index (χ4v) is 2.56. The molecule has 26 heavy (non-hydrogen) atoms. The lowest BCUT2D eigenvalue weighted by molar-refractivity contribution is -0.116. The van der Waals surface area contributed by atoms with Crippen LogP contribution < -0.4 is 14.8 Å². The highest BCUT2D eigenvalue weighted by Crippen LogP contribution is 2.28. The Morgan fingerprint density at radius 1 is 1.08 bits per heavy atom. The number of hydrogen-bond donors (Lipinski definition) is 1. The molecule has 0 saturated carbocycles. The zero-order chi connectivity index (χ0) is 18.4. The van der Waals surface area contributed by atoms with E-state index in [4.69, 9.17) is 9.47 Å². The van der Waals surface area contributed by atoms with Gasteiger partial charge in [-0.15, -0.1) is 0 Å². The third-order valence-corrected chi connectivity index (χ3v) is 3.92. The Bertz CT molecular complexity index is 861. The molecule has 3 aromatic rings. The van der Waals surface area contributed by atoms with Gasteiger partial charge in [0.2, 0.25) is 5.91 Å². The van der Waals surface area contributed by atoms with Crippen molar-refractivity contribution in [3.63, 3.8) is 0 Å². The lowest BCUT2D eigenvalue weighted by Crippen LogP contribution is -2.12. The van der Waals surface area contributed by atoms with Crippen LogP contribution in [0.5, 0.6) is 11.5 Å². The van der Waals surface area contributed by atoms with Gasteiger partial charge in [-0.3, -0.25) is 4.79 Å². The van der Waals surface area contributed by atoms with Crippen molar-refractivity contribution < 1.29 is 14.3 Å². The van der Waals surface area contributed by atoms with Crippen molar-refractivity contribution in [3.05, 3.63) is 60.7 Å². The predicted molar refractivity (Wildman–Crippen MR) is 97.9 cm³/mol. The highest BCUT2D eigenvalue weighted by atomic mass is 16.5. The highest BCUT2D eigenvalue weighted by molar-refractivity contribution is 5.90. The number of rotatable bonds is 7. The maximum absolute atomic E-state index is 12.2. The molecular formula is C19H20N4O3. The maximum Gasteiger partial charge on any atom is 0.224 e. The number of nitrogens with zero attached hydrogens (tertiary/aromatic N) is 3. The minimum Gasteiger partial charge on any atom is -0.493 e. The summed E-state index contributed by atoms with van der Waals surface area (Å²) in [6.07, 6.45) is 4.09. The molecule has 0 saturated heterocycles. The summed E-state index contributed by atoms with van der Waals surface area (Å²) in [5, 5.41) is 6.96. The summed E-state index contributed by atoms with van der Waals surface area (Å²) in [6.45, 7) is 0. The number of carbonyl (C=O) groups is 1. The molecule has 7 heteroatoms. The Morgan fingerprint density at radius 2 is 1.85 bits per heavy atom. The van der Waals surface area contributed by atoms with Gasteiger partial charge in [0, 0.05) is 12.1 Å². The van der Waals surface area contributed by atoms with Gasteiger partial charge in [0.15, 0.2) is 11.5 Å². The fourth-order valence-electron chi connectivity index (χ4n) is 2.56. The number of nitrogens with one attached hydrogen (secondary N) is 1. The summed E-state index contributed by atoms with van der Waals surface area (Å²) in [5.74, 6) is 1.29. The lowest BCUT2D eigenvalue weighted by Gasteiger charge is -2.10. The van der Waals surface area contributed by atoms with E-state index in [0.717, 1.165) is 16.9 Å². The van der Waals surface area contributed by atoms with Crippen molar-refractivity contribution in [3.8, 4) is 17.2 Å². The van der Waals surface area contributed by atoms with Crippen molar-refractivity contribution in [2.45, 2.75) is 12.8 Å². The molecule has 0 unspecified atom stereocenters. The number of anilines is 1. The topological polar surface area (TPSA) is 78.3 Å². The van der Waals surface area contributed by atoms with Gasteiger partial charge in [0.1, 0.15) is 12.7 Å². The smallest absolute Gasteiger partial charge is 0.224 e. The van der Waals surface area contributed by atoms with Crippen molar-refractivity contribution in [1.29, 1.82) is 0 Å². The van der Waals surface area contributed by atoms with Gasteiger partial charge in [-0.05, 0) is 48.4 Å². The van der Waals surface area contributed by atoms with E-state index >= 15 is 0 Å². The molecule has 0 aliphatic heterocycles. The van der Waals surface area contributed by atoms with Crippen LogP contribution >= 0.6 is 0 Å². The van der Waals surface area contributed by atoms with Gasteiger partial charge in [0.25, 0.3) is 0 Å². The van der Waals surface area contributed by atoms with Crippen LogP contribution in [0.4, 0.5) is 5.69 Å². The average Bonchev–Trinajstić information content (AvgIpc) is 3.21. The number of aromatic nitrogens is 3. The van der Waals surface area contributed by atoms with Gasteiger partial charge >= 0.3 is 0 Å². The van der Waals surface area contributed by atoms with Crippen molar-refractivity contribution in [2.24, 2.45) is 0 Å². The van der Waals surface area contributed by atoms with E-state index in [1.54, 1.807) is 25.2 Å². The largest absolute Gasteiger partial charge is 0.493 e. The number of ether oxygens (including phenoxy) is 2. The molecule has 3 rings (SSSR count). The SMILES string of the molecule is COc1ccc(CCC(=O)Nc2ccc(-n3cncn3)cc2)cc1OC. The monoisotopic (exact) mass is 352 g/mol. The standard InChI is InChI=1S/C19H20N4O3/c1-25-17-9-3-14(11-18(17)26-2)4-10-19(24)22-15-5-7-16(8-6-15)23-13-20-12-21-23/h3,5-9,11-13H,4,10H2,1-2H3,(H,22,24). The Morgan fingerprint density at radius 3 is 2.50 bits per heavy atom. The van der Waals surface area contributed by atoms with Crippen LogP contribution in [0.1, 0.15) is 12.0 Å². The summed E-state index contributed by atoms with van der Waals surface area (Å²) in [5.41, 5.74) is 2.64. The zero-order valence-electron chi connectivity index (χ0n) is 14.7. The summed E-state index contributed by atoms with van der Waals surface area (Å²) < 4.78 is 12.2. The normalized spacial score (nSPS) is 10.4. The summed E-state index contributed by atoms with van der Waals surface area (Å²) in [7, 11) is 3.19. The van der Waals surface area contributed by atoms with Gasteiger partial charge in [-0.1, -0.05) is 6.07 Å². The first kappa shape index (κ1) is 17.5. The van der Waals surface area contributed by atoms with E-state index in [2.05, 4.69) is 15.4 Å². The minimum absolute atomic E-state index is 0.0479. The molecule has 0 fully saturated rings. The van der Waals surface area contributed by atoms with Gasteiger partial charge in [-0.25, -0.2) is 9.67 Å². The van der Waals surface area contributed by atoms with Gasteiger partial charge < -0.3 is 14.8 Å². The van der Waals surface area contributed by atoms with E-state index < -0.39 is 0 Å². The first-order valence-corrected chi connectivity index (χ1v) is 8.15. The van der Waals surface area contributed by atoms with Crippen molar-refractivity contribution in [1.82, 2.24) is 14.8 Å². The number of benzene rings is 2. The average molecular weight is 352 g/mol. The number of methoxy groups -OCH3 is 2. The molecule has 0 aliphatic carbocycles.